The first-order valence-corrected chi connectivity index (χ1v) is 6.89. The smallest absolute Gasteiger partial charge is 0.331 e. The molecule has 1 saturated heterocycles. The van der Waals surface area contributed by atoms with E-state index >= 15 is 0 Å². The Morgan fingerprint density at radius 2 is 2.26 bits per heavy atom. The largest absolute Gasteiger partial charge is 0.393 e. The molecule has 1 aromatic rings. The maximum absolute atomic E-state index is 12.6. The number of azide groups is 1. The van der Waals surface area contributed by atoms with E-state index in [1.165, 1.54) is 4.90 Å². The van der Waals surface area contributed by atoms with Crippen molar-refractivity contribution in [2.24, 2.45) is 5.11 Å². The van der Waals surface area contributed by atoms with Crippen LogP contribution in [0.5, 0.6) is 0 Å². The van der Waals surface area contributed by atoms with Gasteiger partial charge < -0.3 is 10.0 Å². The van der Waals surface area contributed by atoms with Crippen LogP contribution in [0.4, 0.5) is 20.3 Å². The number of nitrogens with zero attached hydrogens (tertiary/aromatic N) is 7. The fourth-order valence-corrected chi connectivity index (χ4v) is 2.57. The minimum absolute atomic E-state index is 0.0240. The molecular weight excluding hydrogens is 316 g/mol. The third kappa shape index (κ3) is 3.85. The van der Waals surface area contributed by atoms with Gasteiger partial charge in [-0.25, -0.2) is 13.5 Å². The lowest BCUT2D eigenvalue weighted by Crippen LogP contribution is -2.28. The van der Waals surface area contributed by atoms with Crippen molar-refractivity contribution in [3.8, 4) is 0 Å². The van der Waals surface area contributed by atoms with Crippen molar-refractivity contribution in [3.63, 3.8) is 0 Å². The van der Waals surface area contributed by atoms with Gasteiger partial charge in [0.1, 0.15) is 12.7 Å². The fraction of sp³-hybridized carbons (Fsp3) is 0.727. The van der Waals surface area contributed by atoms with Gasteiger partial charge in [-0.15, -0.1) is 0 Å². The number of aliphatic hydroxyl groups excluding tert-OH is 1. The zero-order chi connectivity index (χ0) is 17.0. The molecule has 2 rings (SSSR count). The number of rotatable bonds is 5. The van der Waals surface area contributed by atoms with Crippen molar-refractivity contribution in [2.75, 3.05) is 18.0 Å². The molecule has 0 aliphatic carbocycles. The maximum atomic E-state index is 12.6. The highest BCUT2D eigenvalue weighted by molar-refractivity contribution is 5.57. The second-order valence-electron chi connectivity index (χ2n) is 5.09. The number of anilines is 1. The lowest BCUT2D eigenvalue weighted by atomic mass is 10.1. The molecule has 1 aromatic heterocycles. The van der Waals surface area contributed by atoms with Crippen molar-refractivity contribution >= 4 is 11.5 Å². The van der Waals surface area contributed by atoms with E-state index in [-0.39, 0.29) is 37.4 Å². The van der Waals surface area contributed by atoms with Gasteiger partial charge in [-0.1, -0.05) is 5.11 Å². The van der Waals surface area contributed by atoms with Gasteiger partial charge in [0.05, 0.1) is 17.1 Å². The Labute approximate surface area is 129 Å². The van der Waals surface area contributed by atoms with Crippen LogP contribution in [-0.4, -0.2) is 51.5 Å². The third-order valence-corrected chi connectivity index (χ3v) is 3.63. The topological polar surface area (TPSA) is 133 Å². The van der Waals surface area contributed by atoms with Crippen LogP contribution in [0.2, 0.25) is 0 Å². The second kappa shape index (κ2) is 7.20. The Morgan fingerprint density at radius 1 is 1.57 bits per heavy atom. The number of aliphatic hydroxyl groups is 1. The molecule has 1 N–H and O–H groups in total. The van der Waals surface area contributed by atoms with E-state index in [0.29, 0.717) is 0 Å². The maximum Gasteiger partial charge on any atom is 0.331 e. The fourth-order valence-electron chi connectivity index (χ4n) is 2.57. The van der Waals surface area contributed by atoms with Crippen molar-refractivity contribution in [2.45, 2.75) is 38.0 Å². The summed E-state index contributed by atoms with van der Waals surface area (Å²) in [5, 5.41) is 28.2. The standard InChI is InChI=1S/C11H15F2N7O3/c12-10(13)6-19-11(8(5-15-19)20(22)23)18-3-1-7(16-17-14)9(21)2-4-18/h5,7,9-10,21H,1-4,6H2. The highest BCUT2D eigenvalue weighted by Crippen LogP contribution is 2.30. The summed E-state index contributed by atoms with van der Waals surface area (Å²) in [5.41, 5.74) is 8.11. The number of hydrogen-bond acceptors (Lipinski definition) is 6. The van der Waals surface area contributed by atoms with Gasteiger partial charge in [-0.2, -0.15) is 5.10 Å². The van der Waals surface area contributed by atoms with Crippen molar-refractivity contribution in [1.82, 2.24) is 9.78 Å². The SMILES string of the molecule is [N-]=[N+]=NC1CCN(c2c([N+](=O)[O-])cnn2CC(F)F)CCC1O. The first-order chi connectivity index (χ1) is 10.9. The van der Waals surface area contributed by atoms with Crippen LogP contribution in [0.1, 0.15) is 12.8 Å². The first-order valence-electron chi connectivity index (χ1n) is 6.89. The van der Waals surface area contributed by atoms with Gasteiger partial charge in [0.25, 0.3) is 6.43 Å². The van der Waals surface area contributed by atoms with E-state index < -0.39 is 30.0 Å². The summed E-state index contributed by atoms with van der Waals surface area (Å²) in [4.78, 5) is 14.6. The number of aromatic nitrogens is 2. The molecule has 2 unspecified atom stereocenters. The average molecular weight is 331 g/mol. The van der Waals surface area contributed by atoms with Crippen LogP contribution >= 0.6 is 0 Å². The van der Waals surface area contributed by atoms with Crippen LogP contribution in [-0.2, 0) is 6.54 Å². The minimum atomic E-state index is -2.71. The van der Waals surface area contributed by atoms with E-state index in [1.54, 1.807) is 0 Å². The predicted octanol–water partition coefficient (Wildman–Crippen LogP) is 1.70. The van der Waals surface area contributed by atoms with Crippen LogP contribution in [0.15, 0.2) is 11.3 Å². The van der Waals surface area contributed by atoms with E-state index in [9.17, 15) is 24.0 Å². The Bertz CT molecular complexity index is 617. The van der Waals surface area contributed by atoms with Gasteiger partial charge >= 0.3 is 5.69 Å². The van der Waals surface area contributed by atoms with E-state index in [1.807, 2.05) is 0 Å². The van der Waals surface area contributed by atoms with Crippen molar-refractivity contribution in [1.29, 1.82) is 0 Å². The summed E-state index contributed by atoms with van der Waals surface area (Å²) in [7, 11) is 0. The predicted molar refractivity (Wildman–Crippen MR) is 75.3 cm³/mol. The summed E-state index contributed by atoms with van der Waals surface area (Å²) >= 11 is 0. The highest BCUT2D eigenvalue weighted by Gasteiger charge is 2.31. The van der Waals surface area contributed by atoms with Crippen LogP contribution in [0.3, 0.4) is 0 Å². The molecule has 1 aliphatic heterocycles. The Kier molecular flexibility index (Phi) is 5.29. The highest BCUT2D eigenvalue weighted by atomic mass is 19.3. The molecule has 0 saturated carbocycles. The van der Waals surface area contributed by atoms with Crippen LogP contribution in [0, 0.1) is 10.1 Å². The molecule has 0 spiro atoms. The first kappa shape index (κ1) is 16.9. The zero-order valence-electron chi connectivity index (χ0n) is 12.0. The molecule has 2 heterocycles. The summed E-state index contributed by atoms with van der Waals surface area (Å²) in [5.74, 6) is -0.0240. The molecule has 0 amide bonds. The average Bonchev–Trinajstić information content (AvgIpc) is 2.80. The molecule has 1 aliphatic rings. The quantitative estimate of drug-likeness (QED) is 0.288. The second-order valence-corrected chi connectivity index (χ2v) is 5.09. The van der Waals surface area contributed by atoms with E-state index in [4.69, 9.17) is 5.53 Å². The zero-order valence-corrected chi connectivity index (χ0v) is 12.0. The Balaban J connectivity index is 2.30. The molecule has 10 nitrogen and oxygen atoms in total. The van der Waals surface area contributed by atoms with Gasteiger partial charge in [-0.05, 0) is 18.4 Å². The lowest BCUT2D eigenvalue weighted by molar-refractivity contribution is -0.384. The number of hydrogen-bond donors (Lipinski definition) is 1. The van der Waals surface area contributed by atoms with Gasteiger partial charge in [-0.3, -0.25) is 10.1 Å². The summed E-state index contributed by atoms with van der Waals surface area (Å²) in [6, 6.07) is -0.657. The molecule has 0 aromatic carbocycles. The van der Waals surface area contributed by atoms with E-state index in [0.717, 1.165) is 10.9 Å². The number of nitro groups is 1. The molecule has 12 heteroatoms. The Hall–Kier alpha value is -2.46. The normalized spacial score (nSPS) is 21.8. The monoisotopic (exact) mass is 331 g/mol. The van der Waals surface area contributed by atoms with Crippen molar-refractivity contribution < 1.29 is 18.8 Å². The van der Waals surface area contributed by atoms with Crippen LogP contribution in [0.25, 0.3) is 10.4 Å². The Morgan fingerprint density at radius 3 is 2.87 bits per heavy atom. The van der Waals surface area contributed by atoms with E-state index in [2.05, 4.69) is 15.1 Å². The van der Waals surface area contributed by atoms with Gasteiger partial charge in [0.15, 0.2) is 0 Å². The van der Waals surface area contributed by atoms with Gasteiger partial charge in [0.2, 0.25) is 5.82 Å². The molecule has 126 valence electrons. The summed E-state index contributed by atoms with van der Waals surface area (Å²) in [6.45, 7) is -0.340. The molecule has 1 fully saturated rings. The molecule has 23 heavy (non-hydrogen) atoms. The lowest BCUT2D eigenvalue weighted by Gasteiger charge is -2.22. The molecule has 2 atom stereocenters. The summed E-state index contributed by atoms with van der Waals surface area (Å²) < 4.78 is 26.2. The minimum Gasteiger partial charge on any atom is -0.393 e. The van der Waals surface area contributed by atoms with Gasteiger partial charge in [0, 0.05) is 18.0 Å². The third-order valence-electron chi connectivity index (χ3n) is 3.63. The number of alkyl halides is 2. The number of halogens is 2. The summed E-state index contributed by atoms with van der Waals surface area (Å²) in [6.07, 6.45) is -2.21. The molecule has 0 bridgehead atoms. The van der Waals surface area contributed by atoms with Crippen LogP contribution < -0.4 is 4.90 Å². The molecule has 0 radical (unpaired) electrons. The molecular formula is C11H15F2N7O3. The van der Waals surface area contributed by atoms with Crippen molar-refractivity contribution in [3.05, 3.63) is 26.8 Å².